The Balaban J connectivity index is 0.000000269. The van der Waals surface area contributed by atoms with E-state index in [0.717, 1.165) is 32.5 Å². The smallest absolute Gasteiger partial charge is 0.209 e. The zero-order valence-corrected chi connectivity index (χ0v) is 18.1. The summed E-state index contributed by atoms with van der Waals surface area (Å²) in [5, 5.41) is 7.35. The molecule has 1 saturated carbocycles. The van der Waals surface area contributed by atoms with Gasteiger partial charge in [-0.3, -0.25) is 4.79 Å². The third kappa shape index (κ3) is 7.06. The molecule has 0 radical (unpaired) electrons. The largest absolute Gasteiger partial charge is 0.381 e. The van der Waals surface area contributed by atoms with Gasteiger partial charge in [0.1, 0.15) is 0 Å². The van der Waals surface area contributed by atoms with Crippen LogP contribution in [0.4, 0.5) is 11.4 Å². The number of hydrogen-bond acceptors (Lipinski definition) is 4. The maximum absolute atomic E-state index is 10.0. The average molecular weight is 409 g/mol. The first-order valence-corrected chi connectivity index (χ1v) is 11.2. The minimum absolute atomic E-state index is 0.222. The Morgan fingerprint density at radius 3 is 2.43 bits per heavy atom. The molecule has 0 aromatic heterocycles. The van der Waals surface area contributed by atoms with E-state index in [1.165, 1.54) is 54.6 Å². The molecule has 0 spiro atoms. The maximum atomic E-state index is 10.0. The van der Waals surface area contributed by atoms with Crippen LogP contribution in [0.1, 0.15) is 49.7 Å². The molecule has 30 heavy (non-hydrogen) atoms. The molecule has 1 heterocycles. The van der Waals surface area contributed by atoms with Crippen molar-refractivity contribution >= 4 is 17.8 Å². The van der Waals surface area contributed by atoms with Gasteiger partial charge in [0, 0.05) is 31.7 Å². The highest BCUT2D eigenvalue weighted by Crippen LogP contribution is 2.28. The Hall–Kier alpha value is -2.53. The lowest BCUT2D eigenvalue weighted by Gasteiger charge is -2.25. The number of nitrogens with one attached hydrogen (secondary N) is 2. The lowest BCUT2D eigenvalue weighted by atomic mass is 9.95. The van der Waals surface area contributed by atoms with E-state index in [0.29, 0.717) is 6.04 Å². The van der Waals surface area contributed by atoms with E-state index in [4.69, 9.17) is 5.73 Å². The van der Waals surface area contributed by atoms with Crippen LogP contribution in [-0.2, 0) is 11.3 Å². The number of aryl methyl sites for hydroxylation is 1. The summed E-state index contributed by atoms with van der Waals surface area (Å²) in [5.41, 5.74) is 10.6. The third-order valence-electron chi connectivity index (χ3n) is 5.87. The van der Waals surface area contributed by atoms with Crippen molar-refractivity contribution in [1.29, 1.82) is 0 Å². The zero-order chi connectivity index (χ0) is 21.2. The Labute approximate surface area is 181 Å². The van der Waals surface area contributed by atoms with Crippen LogP contribution in [0.3, 0.4) is 0 Å². The normalized spacial score (nSPS) is 19.0. The van der Waals surface area contributed by atoms with Crippen molar-refractivity contribution in [1.82, 2.24) is 4.90 Å². The van der Waals surface area contributed by atoms with E-state index < -0.39 is 0 Å². The van der Waals surface area contributed by atoms with Crippen molar-refractivity contribution in [3.63, 3.8) is 0 Å². The topological polar surface area (TPSA) is 70.4 Å². The van der Waals surface area contributed by atoms with Crippen molar-refractivity contribution in [2.45, 2.75) is 64.1 Å². The fourth-order valence-corrected chi connectivity index (χ4v) is 4.10. The van der Waals surface area contributed by atoms with Crippen LogP contribution in [-0.4, -0.2) is 36.5 Å². The summed E-state index contributed by atoms with van der Waals surface area (Å²) in [6.45, 7) is 4.59. The van der Waals surface area contributed by atoms with E-state index in [1.807, 2.05) is 0 Å². The molecule has 1 unspecified atom stereocenters. The fourth-order valence-electron chi connectivity index (χ4n) is 4.10. The van der Waals surface area contributed by atoms with E-state index in [2.05, 4.69) is 66.1 Å². The summed E-state index contributed by atoms with van der Waals surface area (Å²) in [5.74, 6) is 0. The summed E-state index contributed by atoms with van der Waals surface area (Å²) < 4.78 is 0. The Kier molecular flexibility index (Phi) is 8.57. The van der Waals surface area contributed by atoms with Gasteiger partial charge in [-0.2, -0.15) is 0 Å². The molecule has 1 amide bonds. The number of nitrogens with two attached hydrogens (primary N) is 1. The van der Waals surface area contributed by atoms with Crippen LogP contribution in [0, 0.1) is 6.92 Å². The molecule has 5 heteroatoms. The predicted molar refractivity (Wildman–Crippen MR) is 126 cm³/mol. The van der Waals surface area contributed by atoms with Crippen molar-refractivity contribution in [3.05, 3.63) is 59.7 Å². The minimum atomic E-state index is 0.222. The Morgan fingerprint density at radius 2 is 1.80 bits per heavy atom. The number of amides is 1. The van der Waals surface area contributed by atoms with Gasteiger partial charge in [-0.15, -0.1) is 0 Å². The van der Waals surface area contributed by atoms with Crippen molar-refractivity contribution in [2.75, 3.05) is 23.7 Å². The van der Waals surface area contributed by atoms with Gasteiger partial charge in [-0.1, -0.05) is 55.7 Å². The zero-order valence-electron chi connectivity index (χ0n) is 18.1. The predicted octanol–water partition coefficient (Wildman–Crippen LogP) is 4.53. The molecule has 1 aliphatic carbocycles. The van der Waals surface area contributed by atoms with Crippen LogP contribution in [0.2, 0.25) is 0 Å². The number of likely N-dealkylation sites (tertiary alicyclic amines) is 1. The molecule has 2 aromatic carbocycles. The van der Waals surface area contributed by atoms with Crippen LogP contribution in [0.5, 0.6) is 0 Å². The second-order valence-corrected chi connectivity index (χ2v) is 8.52. The molecule has 1 aliphatic heterocycles. The van der Waals surface area contributed by atoms with Crippen molar-refractivity contribution in [3.8, 4) is 0 Å². The second-order valence-electron chi connectivity index (χ2n) is 8.52. The highest BCUT2D eigenvalue weighted by atomic mass is 16.1. The second kappa shape index (κ2) is 11.6. The molecular formula is C25H36N4O. The number of rotatable bonds is 6. The SMILES string of the molecule is Cc1ccc(NC2CCCCC2)c(NCc2ccccc2)c1.NC1CCN(C=O)C1. The molecule has 2 aliphatic rings. The number of anilines is 2. The Morgan fingerprint density at radius 1 is 1.03 bits per heavy atom. The number of carbonyl (C=O) groups is 1. The van der Waals surface area contributed by atoms with Gasteiger partial charge in [0.25, 0.3) is 0 Å². The molecule has 4 rings (SSSR count). The number of benzene rings is 2. The summed E-state index contributed by atoms with van der Waals surface area (Å²) in [4.78, 5) is 11.7. The minimum Gasteiger partial charge on any atom is -0.381 e. The van der Waals surface area contributed by atoms with Crippen LogP contribution in [0.25, 0.3) is 0 Å². The van der Waals surface area contributed by atoms with Gasteiger partial charge in [-0.05, 0) is 49.4 Å². The fraction of sp³-hybridized carbons (Fsp3) is 0.480. The van der Waals surface area contributed by atoms with Gasteiger partial charge in [0.05, 0.1) is 11.4 Å². The van der Waals surface area contributed by atoms with Crippen LogP contribution in [0.15, 0.2) is 48.5 Å². The summed E-state index contributed by atoms with van der Waals surface area (Å²) in [7, 11) is 0. The molecule has 2 aromatic rings. The van der Waals surface area contributed by atoms with Gasteiger partial charge >= 0.3 is 0 Å². The highest BCUT2D eigenvalue weighted by molar-refractivity contribution is 5.70. The van der Waals surface area contributed by atoms with Crippen LogP contribution < -0.4 is 16.4 Å². The Bertz CT molecular complexity index is 774. The monoisotopic (exact) mass is 408 g/mol. The summed E-state index contributed by atoms with van der Waals surface area (Å²) >= 11 is 0. The summed E-state index contributed by atoms with van der Waals surface area (Å²) in [6.07, 6.45) is 8.52. The molecule has 162 valence electrons. The summed E-state index contributed by atoms with van der Waals surface area (Å²) in [6, 6.07) is 18.1. The van der Waals surface area contributed by atoms with Gasteiger partial charge in [0.15, 0.2) is 0 Å². The standard InChI is InChI=1S/C20H26N2.C5H10N2O/c1-16-12-13-19(22-18-10-6-3-7-11-18)20(14-16)21-15-17-8-4-2-5-9-17;6-5-1-2-7(3-5)4-8/h2,4-5,8-9,12-14,18,21-22H,3,6-7,10-11,15H2,1H3;4-5H,1-3,6H2. The lowest BCUT2D eigenvalue weighted by molar-refractivity contribution is -0.117. The van der Waals surface area contributed by atoms with Gasteiger partial charge in [0.2, 0.25) is 6.41 Å². The van der Waals surface area contributed by atoms with E-state index >= 15 is 0 Å². The first-order valence-electron chi connectivity index (χ1n) is 11.2. The molecule has 2 fully saturated rings. The van der Waals surface area contributed by atoms with Crippen molar-refractivity contribution < 1.29 is 4.79 Å². The van der Waals surface area contributed by atoms with Crippen LogP contribution >= 0.6 is 0 Å². The molecule has 1 atom stereocenters. The molecule has 4 N–H and O–H groups in total. The molecule has 5 nitrogen and oxygen atoms in total. The maximum Gasteiger partial charge on any atom is 0.209 e. The number of hydrogen-bond donors (Lipinski definition) is 3. The van der Waals surface area contributed by atoms with E-state index in [9.17, 15) is 4.79 Å². The van der Waals surface area contributed by atoms with Gasteiger partial charge in [-0.25, -0.2) is 0 Å². The molecular weight excluding hydrogens is 372 g/mol. The number of nitrogens with zero attached hydrogens (tertiary/aromatic N) is 1. The average Bonchev–Trinajstić information content (AvgIpc) is 3.21. The third-order valence-corrected chi connectivity index (χ3v) is 5.87. The van der Waals surface area contributed by atoms with E-state index in [-0.39, 0.29) is 6.04 Å². The number of carbonyl (C=O) groups excluding carboxylic acids is 1. The van der Waals surface area contributed by atoms with Crippen molar-refractivity contribution in [2.24, 2.45) is 5.73 Å². The van der Waals surface area contributed by atoms with Gasteiger partial charge < -0.3 is 21.3 Å². The highest BCUT2D eigenvalue weighted by Gasteiger charge is 2.16. The lowest BCUT2D eigenvalue weighted by Crippen LogP contribution is -2.25. The first-order chi connectivity index (χ1) is 14.6. The quantitative estimate of drug-likeness (QED) is 0.614. The molecule has 0 bridgehead atoms. The first kappa shape index (κ1) is 22.2. The molecule has 1 saturated heterocycles. The van der Waals surface area contributed by atoms with E-state index in [1.54, 1.807) is 4.90 Å².